The molecule has 114 valence electrons. The predicted octanol–water partition coefficient (Wildman–Crippen LogP) is -2.52. The van der Waals surface area contributed by atoms with Crippen LogP contribution in [0.4, 0.5) is 5.95 Å². The number of rotatable bonds is 2. The van der Waals surface area contributed by atoms with Crippen molar-refractivity contribution < 1.29 is 24.6 Å². The topological polar surface area (TPSA) is 136 Å². The van der Waals surface area contributed by atoms with Crippen LogP contribution >= 0.6 is 12.2 Å². The average Bonchev–Trinajstić information content (AvgIpc) is 2.89. The maximum Gasteiger partial charge on any atom is 0.273 e. The van der Waals surface area contributed by atoms with Crippen molar-refractivity contribution in [2.45, 2.75) is 24.5 Å². The maximum atomic E-state index is 12.2. The van der Waals surface area contributed by atoms with Gasteiger partial charge in [0.15, 0.2) is 17.2 Å². The minimum Gasteiger partial charge on any atom is -0.846 e. The van der Waals surface area contributed by atoms with E-state index in [-0.39, 0.29) is 5.95 Å². The van der Waals surface area contributed by atoms with Crippen molar-refractivity contribution in [3.63, 3.8) is 0 Å². The van der Waals surface area contributed by atoms with Gasteiger partial charge in [-0.15, -0.1) is 0 Å². The molecule has 4 atom stereocenters. The highest BCUT2D eigenvalue weighted by Crippen LogP contribution is 2.25. The predicted molar refractivity (Wildman–Crippen MR) is 71.3 cm³/mol. The molecule has 0 aromatic carbocycles. The summed E-state index contributed by atoms with van der Waals surface area (Å²) >= 11 is 5.16. The molecule has 9 nitrogen and oxygen atoms in total. The number of imidazole rings is 1. The molecule has 10 heteroatoms. The summed E-state index contributed by atoms with van der Waals surface area (Å²) in [5.74, 6) is 0.118. The zero-order valence-electron chi connectivity index (χ0n) is 11.1. The first-order valence-electron chi connectivity index (χ1n) is 6.30. The number of ether oxygens (including phenoxy) is 1. The molecule has 1 aliphatic heterocycles. The molecule has 1 fully saturated rings. The molecule has 3 heterocycles. The number of aliphatic hydroxyl groups excluding tert-OH is 2. The second kappa shape index (κ2) is 5.00. The van der Waals surface area contributed by atoms with Gasteiger partial charge >= 0.3 is 0 Å². The number of aromatic amines is 1. The molecule has 1 aliphatic rings. The summed E-state index contributed by atoms with van der Waals surface area (Å²) < 4.78 is 8.94. The van der Waals surface area contributed by atoms with Crippen molar-refractivity contribution in [2.24, 2.45) is 7.05 Å². The fourth-order valence-corrected chi connectivity index (χ4v) is 2.90. The van der Waals surface area contributed by atoms with Crippen LogP contribution < -0.4 is 15.4 Å². The number of fused-ring (bicyclic) bond motifs is 1. The molecule has 1 saturated heterocycles. The second-order valence-corrected chi connectivity index (χ2v) is 5.35. The van der Waals surface area contributed by atoms with E-state index >= 15 is 0 Å². The van der Waals surface area contributed by atoms with Gasteiger partial charge in [-0.05, 0) is 6.10 Å². The molecular formula is C11H15N5O4S. The first-order valence-corrected chi connectivity index (χ1v) is 6.71. The molecule has 0 saturated carbocycles. The molecule has 5 N–H and O–H groups in total. The minimum atomic E-state index is -1.44. The van der Waals surface area contributed by atoms with Crippen molar-refractivity contribution in [1.82, 2.24) is 14.5 Å². The van der Waals surface area contributed by atoms with Crippen LogP contribution in [0.3, 0.4) is 0 Å². The molecule has 0 radical (unpaired) electrons. The van der Waals surface area contributed by atoms with Crippen LogP contribution in [0.25, 0.3) is 11.2 Å². The Morgan fingerprint density at radius 3 is 3.00 bits per heavy atom. The molecule has 0 spiro atoms. The van der Waals surface area contributed by atoms with Gasteiger partial charge in [-0.1, -0.05) is 12.2 Å². The molecule has 2 aromatic rings. The van der Waals surface area contributed by atoms with E-state index in [0.717, 1.165) is 0 Å². The zero-order chi connectivity index (χ0) is 15.3. The van der Waals surface area contributed by atoms with Crippen LogP contribution in [0, 0.1) is 4.64 Å². The lowest BCUT2D eigenvalue weighted by Gasteiger charge is -2.23. The van der Waals surface area contributed by atoms with Gasteiger partial charge in [-0.3, -0.25) is 4.57 Å². The number of nitrogen functional groups attached to an aromatic ring is 1. The summed E-state index contributed by atoms with van der Waals surface area (Å²) in [6.07, 6.45) is -3.00. The molecule has 2 aromatic heterocycles. The van der Waals surface area contributed by atoms with Crippen molar-refractivity contribution in [3.8, 4) is 0 Å². The lowest BCUT2D eigenvalue weighted by atomic mass is 10.1. The number of aromatic nitrogens is 4. The van der Waals surface area contributed by atoms with Gasteiger partial charge in [0.1, 0.15) is 6.10 Å². The minimum absolute atomic E-state index is 0.118. The molecule has 0 bridgehead atoms. The molecule has 0 amide bonds. The highest BCUT2D eigenvalue weighted by Gasteiger charge is 2.41. The number of hydrogen-bond donors (Lipinski definition) is 4. The zero-order valence-corrected chi connectivity index (χ0v) is 11.9. The Bertz CT molecular complexity index is 744. The Morgan fingerprint density at radius 1 is 1.67 bits per heavy atom. The summed E-state index contributed by atoms with van der Waals surface area (Å²) in [4.78, 5) is 6.81. The number of nitrogens with zero attached hydrogens (tertiary/aromatic N) is 3. The smallest absolute Gasteiger partial charge is 0.273 e. The molecule has 0 aliphatic carbocycles. The van der Waals surface area contributed by atoms with Crippen molar-refractivity contribution in [3.05, 3.63) is 11.0 Å². The van der Waals surface area contributed by atoms with Gasteiger partial charge in [-0.2, -0.15) is 4.98 Å². The third-order valence-electron chi connectivity index (χ3n) is 3.57. The van der Waals surface area contributed by atoms with Crippen molar-refractivity contribution in [2.75, 3.05) is 12.3 Å². The third kappa shape index (κ3) is 2.12. The quantitative estimate of drug-likeness (QED) is 0.355. The number of aliphatic hydroxyl groups is 2. The normalized spacial score (nSPS) is 29.3. The first kappa shape index (κ1) is 14.4. The standard InChI is InChI=1S/C11H15N5O4S/c1-15-3-16(8-5(15)9(21)14-11(12)13-8)10-7(19)6(18)4(2-17)20-10/h3-4,6-7,10,17-18H,2H2,1H3,(H3,12,13,14,21)/t4-,6-,7-,10-/m1/s1. The van der Waals surface area contributed by atoms with E-state index < -0.39 is 31.1 Å². The fourth-order valence-electron chi connectivity index (χ4n) is 2.56. The van der Waals surface area contributed by atoms with Gasteiger partial charge in [0.25, 0.3) is 11.6 Å². The third-order valence-corrected chi connectivity index (χ3v) is 3.86. The van der Waals surface area contributed by atoms with E-state index in [1.807, 2.05) is 0 Å². The number of anilines is 1. The number of H-pyrrole nitrogens is 1. The fraction of sp³-hybridized carbons (Fsp3) is 0.545. The van der Waals surface area contributed by atoms with E-state index in [1.54, 1.807) is 17.9 Å². The number of nitrogens with two attached hydrogens (primary N) is 1. The highest BCUT2D eigenvalue weighted by molar-refractivity contribution is 7.71. The lowest BCUT2D eigenvalue weighted by molar-refractivity contribution is -0.764. The molecule has 3 rings (SSSR count). The summed E-state index contributed by atoms with van der Waals surface area (Å²) in [7, 11) is 1.75. The van der Waals surface area contributed by atoms with Gasteiger partial charge in [0.2, 0.25) is 5.52 Å². The summed E-state index contributed by atoms with van der Waals surface area (Å²) in [5, 5.41) is 31.1. The van der Waals surface area contributed by atoms with Gasteiger partial charge in [0.05, 0.1) is 19.8 Å². The number of hydrogen-bond acceptors (Lipinski definition) is 7. The number of aryl methyl sites for hydroxylation is 1. The van der Waals surface area contributed by atoms with Gasteiger partial charge in [-0.25, -0.2) is 9.55 Å². The Kier molecular flexibility index (Phi) is 3.42. The molecule has 21 heavy (non-hydrogen) atoms. The molecule has 0 unspecified atom stereocenters. The number of nitrogens with one attached hydrogen (secondary N) is 1. The Balaban J connectivity index is 2.16. The van der Waals surface area contributed by atoms with E-state index in [1.165, 1.54) is 4.57 Å². The van der Waals surface area contributed by atoms with Crippen LogP contribution in [0.15, 0.2) is 6.33 Å². The van der Waals surface area contributed by atoms with Crippen molar-refractivity contribution in [1.29, 1.82) is 0 Å². The van der Waals surface area contributed by atoms with Crippen LogP contribution in [0.2, 0.25) is 0 Å². The van der Waals surface area contributed by atoms with Crippen LogP contribution in [0.1, 0.15) is 6.23 Å². The van der Waals surface area contributed by atoms with Gasteiger partial charge in [0, 0.05) is 0 Å². The van der Waals surface area contributed by atoms with Crippen LogP contribution in [0.5, 0.6) is 0 Å². The van der Waals surface area contributed by atoms with E-state index in [9.17, 15) is 10.2 Å². The summed E-state index contributed by atoms with van der Waals surface area (Å²) in [6.45, 7) is -0.429. The maximum absolute atomic E-state index is 12.2. The Labute approximate surface area is 124 Å². The SMILES string of the molecule is Cn1c[n+]([C@@H]2O[C@H](CO)[C@@H](O)[C@H]2[O-])c2[nH]c(N)nc(=S)c21. The lowest BCUT2D eigenvalue weighted by Crippen LogP contribution is -2.51. The van der Waals surface area contributed by atoms with Gasteiger partial charge < -0.3 is 25.8 Å². The monoisotopic (exact) mass is 313 g/mol. The summed E-state index contributed by atoms with van der Waals surface area (Å²) in [6, 6.07) is 0. The van der Waals surface area contributed by atoms with Crippen LogP contribution in [-0.2, 0) is 11.8 Å². The summed E-state index contributed by atoms with van der Waals surface area (Å²) in [5.41, 5.74) is 6.73. The largest absolute Gasteiger partial charge is 0.846 e. The highest BCUT2D eigenvalue weighted by atomic mass is 32.1. The van der Waals surface area contributed by atoms with E-state index in [4.69, 9.17) is 27.8 Å². The van der Waals surface area contributed by atoms with E-state index in [0.29, 0.717) is 15.8 Å². The van der Waals surface area contributed by atoms with Crippen LogP contribution in [-0.4, -0.2) is 49.7 Å². The van der Waals surface area contributed by atoms with Crippen molar-refractivity contribution >= 4 is 29.3 Å². The first-order chi connectivity index (χ1) is 9.93. The Morgan fingerprint density at radius 2 is 2.38 bits per heavy atom. The average molecular weight is 313 g/mol. The Hall–Kier alpha value is -1.59. The van der Waals surface area contributed by atoms with E-state index in [2.05, 4.69) is 9.97 Å². The molecular weight excluding hydrogens is 298 g/mol. The second-order valence-electron chi connectivity index (χ2n) is 4.96.